The molecule has 0 saturated heterocycles. The Morgan fingerprint density at radius 3 is 2.32 bits per heavy atom. The lowest BCUT2D eigenvalue weighted by molar-refractivity contribution is -0.138. The zero-order valence-corrected chi connectivity index (χ0v) is 11.6. The van der Waals surface area contributed by atoms with Crippen LogP contribution in [0, 0.1) is 10.2 Å². The normalized spacial score (nSPS) is 21.9. The van der Waals surface area contributed by atoms with Gasteiger partial charge in [-0.2, -0.15) is 0 Å². The van der Waals surface area contributed by atoms with Gasteiger partial charge in [-0.05, 0) is 25.7 Å². The van der Waals surface area contributed by atoms with Crippen LogP contribution in [0.5, 0.6) is 0 Å². The fraction of sp³-hybridized carbons (Fsp3) is 0.818. The van der Waals surface area contributed by atoms with Gasteiger partial charge in [-0.15, -0.1) is 0 Å². The molecule has 1 aliphatic rings. The van der Waals surface area contributed by atoms with Crippen molar-refractivity contribution in [1.29, 1.82) is 4.78 Å². The fourth-order valence-electron chi connectivity index (χ4n) is 2.13. The number of nitrogens with one attached hydrogen (secondary N) is 1. The van der Waals surface area contributed by atoms with Crippen molar-refractivity contribution >= 4 is 21.6 Å². The molecule has 2 unspecified atom stereocenters. The van der Waals surface area contributed by atoms with Gasteiger partial charge < -0.3 is 16.6 Å². The Kier molecular flexibility index (Phi) is 4.92. The summed E-state index contributed by atoms with van der Waals surface area (Å²) in [6.45, 7) is 0. The number of carboxylic acids is 1. The van der Waals surface area contributed by atoms with Crippen molar-refractivity contribution in [3.05, 3.63) is 0 Å². The molecule has 8 heteroatoms. The van der Waals surface area contributed by atoms with Crippen molar-refractivity contribution in [2.75, 3.05) is 11.5 Å². The van der Waals surface area contributed by atoms with E-state index in [1.807, 2.05) is 0 Å². The average Bonchev–Trinajstić information content (AvgIpc) is 2.23. The van der Waals surface area contributed by atoms with Crippen LogP contribution < -0.4 is 11.5 Å². The molecule has 1 amide bonds. The largest absolute Gasteiger partial charge is 0.480 e. The summed E-state index contributed by atoms with van der Waals surface area (Å²) < 4.78 is 19.7. The molecule has 6 N–H and O–H groups in total. The van der Waals surface area contributed by atoms with Gasteiger partial charge >= 0.3 is 5.97 Å². The molecule has 1 rings (SSSR count). The van der Waals surface area contributed by atoms with Crippen molar-refractivity contribution in [2.24, 2.45) is 16.9 Å². The van der Waals surface area contributed by atoms with Gasteiger partial charge in [0.2, 0.25) is 5.91 Å². The van der Waals surface area contributed by atoms with Gasteiger partial charge in [-0.1, -0.05) is 6.42 Å². The van der Waals surface area contributed by atoms with Crippen LogP contribution >= 0.6 is 0 Å². The van der Waals surface area contributed by atoms with Crippen molar-refractivity contribution < 1.29 is 18.9 Å². The molecule has 0 aromatic heterocycles. The first kappa shape index (κ1) is 15.9. The van der Waals surface area contributed by atoms with Gasteiger partial charge in [0.15, 0.2) is 0 Å². The highest BCUT2D eigenvalue weighted by Gasteiger charge is 2.42. The third-order valence-electron chi connectivity index (χ3n) is 3.82. The van der Waals surface area contributed by atoms with Gasteiger partial charge in [0.1, 0.15) is 6.04 Å². The molecule has 1 saturated carbocycles. The maximum atomic E-state index is 12.0. The number of hydrogen-bond donors (Lipinski definition) is 4. The molecule has 1 fully saturated rings. The van der Waals surface area contributed by atoms with Crippen LogP contribution in [-0.4, -0.2) is 38.7 Å². The monoisotopic (exact) mass is 291 g/mol. The van der Waals surface area contributed by atoms with E-state index in [4.69, 9.17) is 21.4 Å². The molecule has 0 aromatic rings. The minimum atomic E-state index is -2.90. The van der Waals surface area contributed by atoms with Crippen LogP contribution in [0.3, 0.4) is 0 Å². The first-order valence-electron chi connectivity index (χ1n) is 6.21. The highest BCUT2D eigenvalue weighted by molar-refractivity contribution is 7.92. The summed E-state index contributed by atoms with van der Waals surface area (Å²) in [5.74, 6) is -1.54. The third-order valence-corrected chi connectivity index (χ3v) is 5.58. The van der Waals surface area contributed by atoms with Crippen molar-refractivity contribution in [2.45, 2.75) is 38.1 Å². The molecular weight excluding hydrogens is 270 g/mol. The summed E-state index contributed by atoms with van der Waals surface area (Å²) in [5.41, 5.74) is 10.0. The quantitative estimate of drug-likeness (QED) is 0.492. The van der Waals surface area contributed by atoms with Crippen LogP contribution in [0.2, 0.25) is 0 Å². The molecule has 0 spiro atoms. The smallest absolute Gasteiger partial charge is 0.320 e. The van der Waals surface area contributed by atoms with E-state index in [0.29, 0.717) is 19.3 Å². The number of carbonyl (C=O) groups excluding carboxylic acids is 1. The lowest BCUT2D eigenvalue weighted by Crippen LogP contribution is -2.44. The number of primary amides is 1. The second kappa shape index (κ2) is 5.87. The van der Waals surface area contributed by atoms with Gasteiger partial charge in [-0.3, -0.25) is 14.4 Å². The highest BCUT2D eigenvalue weighted by atomic mass is 32.2. The number of aliphatic carboxylic acids is 1. The summed E-state index contributed by atoms with van der Waals surface area (Å²) >= 11 is 0. The SMILES string of the molecule is N=S(=O)(CCC(N)C(=O)O)CCC1(C(N)=O)CCC1. The predicted molar refractivity (Wildman–Crippen MR) is 70.9 cm³/mol. The number of nitrogens with two attached hydrogens (primary N) is 2. The molecule has 1 aliphatic carbocycles. The summed E-state index contributed by atoms with van der Waals surface area (Å²) in [6.07, 6.45) is 2.64. The van der Waals surface area contributed by atoms with E-state index in [9.17, 15) is 13.8 Å². The summed E-state index contributed by atoms with van der Waals surface area (Å²) in [7, 11) is -2.90. The molecule has 0 aliphatic heterocycles. The lowest BCUT2D eigenvalue weighted by Gasteiger charge is -2.39. The Balaban J connectivity index is 2.47. The molecule has 19 heavy (non-hydrogen) atoms. The maximum absolute atomic E-state index is 12.0. The van der Waals surface area contributed by atoms with Crippen LogP contribution in [-0.2, 0) is 19.3 Å². The second-order valence-corrected chi connectivity index (χ2v) is 7.64. The lowest BCUT2D eigenvalue weighted by atomic mass is 9.66. The maximum Gasteiger partial charge on any atom is 0.320 e. The molecule has 0 bridgehead atoms. The molecular formula is C11H21N3O4S. The summed E-state index contributed by atoms with van der Waals surface area (Å²) in [6, 6.07) is -1.10. The van der Waals surface area contributed by atoms with Crippen LogP contribution in [0.4, 0.5) is 0 Å². The fourth-order valence-corrected chi connectivity index (χ4v) is 3.69. The summed E-state index contributed by atoms with van der Waals surface area (Å²) in [4.78, 5) is 21.9. The number of carboxylic acid groups (broad SMARTS) is 1. The molecule has 0 heterocycles. The minimum absolute atomic E-state index is 0.00123. The highest BCUT2D eigenvalue weighted by Crippen LogP contribution is 2.43. The minimum Gasteiger partial charge on any atom is -0.480 e. The van der Waals surface area contributed by atoms with Gasteiger partial charge in [0.05, 0.1) is 0 Å². The van der Waals surface area contributed by atoms with E-state index in [2.05, 4.69) is 0 Å². The molecule has 0 radical (unpaired) electrons. The number of carbonyl (C=O) groups is 2. The third kappa shape index (κ3) is 4.17. The Hall–Kier alpha value is -1.15. The van der Waals surface area contributed by atoms with E-state index in [1.54, 1.807) is 0 Å². The van der Waals surface area contributed by atoms with Gasteiger partial charge in [0.25, 0.3) is 0 Å². The van der Waals surface area contributed by atoms with E-state index >= 15 is 0 Å². The van der Waals surface area contributed by atoms with Crippen LogP contribution in [0.25, 0.3) is 0 Å². The number of amides is 1. The van der Waals surface area contributed by atoms with E-state index in [-0.39, 0.29) is 17.9 Å². The van der Waals surface area contributed by atoms with E-state index in [0.717, 1.165) is 6.42 Å². The Morgan fingerprint density at radius 2 is 1.95 bits per heavy atom. The Bertz CT molecular complexity index is 457. The molecule has 110 valence electrons. The van der Waals surface area contributed by atoms with Crippen molar-refractivity contribution in [3.63, 3.8) is 0 Å². The Labute approximate surface area is 112 Å². The molecule has 7 nitrogen and oxygen atoms in total. The zero-order valence-electron chi connectivity index (χ0n) is 10.8. The van der Waals surface area contributed by atoms with Crippen LogP contribution in [0.1, 0.15) is 32.1 Å². The zero-order chi connectivity index (χ0) is 14.7. The van der Waals surface area contributed by atoms with Gasteiger partial charge in [0, 0.05) is 26.6 Å². The first-order valence-corrected chi connectivity index (χ1v) is 8.11. The van der Waals surface area contributed by atoms with Gasteiger partial charge in [-0.25, -0.2) is 4.21 Å². The first-order chi connectivity index (χ1) is 8.68. The van der Waals surface area contributed by atoms with E-state index in [1.165, 1.54) is 0 Å². The number of hydrogen-bond acceptors (Lipinski definition) is 5. The van der Waals surface area contributed by atoms with E-state index < -0.39 is 33.1 Å². The summed E-state index contributed by atoms with van der Waals surface area (Å²) in [5, 5.41) is 8.62. The standard InChI is InChI=1S/C11H21N3O4S/c12-8(9(15)16)2-6-19(14,18)7-5-11(10(13)17)3-1-4-11/h8,14H,1-7,12H2,(H2,13,17)(H,15,16). The van der Waals surface area contributed by atoms with Crippen LogP contribution in [0.15, 0.2) is 0 Å². The Morgan fingerprint density at radius 1 is 1.37 bits per heavy atom. The topological polar surface area (TPSA) is 147 Å². The molecule has 0 aromatic carbocycles. The predicted octanol–water partition coefficient (Wildman–Crippen LogP) is -0.119. The number of rotatable bonds is 8. The molecule has 2 atom stereocenters. The second-order valence-electron chi connectivity index (χ2n) is 5.20. The van der Waals surface area contributed by atoms with Crippen molar-refractivity contribution in [3.8, 4) is 0 Å². The average molecular weight is 291 g/mol. The van der Waals surface area contributed by atoms with Crippen molar-refractivity contribution in [1.82, 2.24) is 0 Å².